The lowest BCUT2D eigenvalue weighted by Crippen LogP contribution is -2.35. The highest BCUT2D eigenvalue weighted by Gasteiger charge is 2.32. The largest absolute Gasteiger partial charge is 0.348 e. The van der Waals surface area contributed by atoms with Crippen LogP contribution in [0.1, 0.15) is 60.3 Å². The number of rotatable bonds is 5. The number of pyridine rings is 1. The zero-order valence-electron chi connectivity index (χ0n) is 14.1. The van der Waals surface area contributed by atoms with E-state index in [1.54, 1.807) is 0 Å². The van der Waals surface area contributed by atoms with Crippen LogP contribution in [0.4, 0.5) is 0 Å². The molecule has 4 rings (SSSR count). The zero-order valence-corrected chi connectivity index (χ0v) is 14.9. The smallest absolute Gasteiger partial charge is 0.259 e. The van der Waals surface area contributed by atoms with Crippen LogP contribution in [0.2, 0.25) is 0 Å². The normalized spacial score (nSPS) is 22.4. The molecule has 0 radical (unpaired) electrons. The van der Waals surface area contributed by atoms with E-state index in [0.29, 0.717) is 35.4 Å². The Kier molecular flexibility index (Phi) is 4.02. The van der Waals surface area contributed by atoms with Crippen molar-refractivity contribution in [2.75, 3.05) is 11.5 Å². The van der Waals surface area contributed by atoms with Crippen molar-refractivity contribution in [3.8, 4) is 0 Å². The first-order valence-electron chi connectivity index (χ1n) is 8.77. The number of aromatic nitrogens is 2. The molecular formula is C17H21N3O4S. The first kappa shape index (κ1) is 16.5. The summed E-state index contributed by atoms with van der Waals surface area (Å²) in [4.78, 5) is 17.4. The molecule has 8 heteroatoms. The second-order valence-electron chi connectivity index (χ2n) is 7.00. The van der Waals surface area contributed by atoms with Gasteiger partial charge in [-0.1, -0.05) is 18.5 Å². The van der Waals surface area contributed by atoms with Crippen molar-refractivity contribution in [1.29, 1.82) is 0 Å². The maximum Gasteiger partial charge on any atom is 0.259 e. The van der Waals surface area contributed by atoms with Gasteiger partial charge in [0.1, 0.15) is 0 Å². The summed E-state index contributed by atoms with van der Waals surface area (Å²) in [6, 6.07) is 1.49. The van der Waals surface area contributed by atoms with Crippen LogP contribution in [-0.4, -0.2) is 42.0 Å². The van der Waals surface area contributed by atoms with Crippen molar-refractivity contribution in [1.82, 2.24) is 15.5 Å². The average molecular weight is 363 g/mol. The lowest BCUT2D eigenvalue weighted by molar-refractivity contribution is 0.0942. The van der Waals surface area contributed by atoms with E-state index in [1.807, 2.05) is 13.0 Å². The van der Waals surface area contributed by atoms with Crippen molar-refractivity contribution < 1.29 is 17.7 Å². The van der Waals surface area contributed by atoms with Gasteiger partial charge in [-0.15, -0.1) is 0 Å². The maximum absolute atomic E-state index is 12.9. The van der Waals surface area contributed by atoms with E-state index in [4.69, 9.17) is 4.52 Å². The molecule has 134 valence electrons. The highest BCUT2D eigenvalue weighted by Crippen LogP contribution is 2.40. The van der Waals surface area contributed by atoms with Crippen LogP contribution < -0.4 is 5.32 Å². The average Bonchev–Trinajstić information content (AvgIpc) is 3.26. The molecule has 0 bridgehead atoms. The Morgan fingerprint density at radius 2 is 2.16 bits per heavy atom. The summed E-state index contributed by atoms with van der Waals surface area (Å²) in [6.07, 6.45) is 4.18. The van der Waals surface area contributed by atoms with Gasteiger partial charge in [-0.2, -0.15) is 0 Å². The number of sulfone groups is 1. The minimum absolute atomic E-state index is 0.00784. The van der Waals surface area contributed by atoms with E-state index in [-0.39, 0.29) is 23.5 Å². The van der Waals surface area contributed by atoms with Crippen molar-refractivity contribution in [3.63, 3.8) is 0 Å². The quantitative estimate of drug-likeness (QED) is 0.871. The van der Waals surface area contributed by atoms with Gasteiger partial charge in [0, 0.05) is 17.7 Å². The SMILES string of the molecule is CCCc1noc2nc(C3CC3)cc(C(=O)NC3CCS(=O)(=O)C3)c12. The van der Waals surface area contributed by atoms with Crippen LogP contribution in [0.5, 0.6) is 0 Å². The van der Waals surface area contributed by atoms with Crippen LogP contribution in [0, 0.1) is 0 Å². The molecule has 2 aliphatic rings. The van der Waals surface area contributed by atoms with Crippen LogP contribution in [0.15, 0.2) is 10.6 Å². The molecule has 1 atom stereocenters. The van der Waals surface area contributed by atoms with Crippen molar-refractivity contribution in [3.05, 3.63) is 23.0 Å². The van der Waals surface area contributed by atoms with Gasteiger partial charge in [-0.05, 0) is 31.7 Å². The number of carbonyl (C=O) groups is 1. The molecule has 1 amide bonds. The highest BCUT2D eigenvalue weighted by molar-refractivity contribution is 7.91. The fourth-order valence-electron chi connectivity index (χ4n) is 3.38. The van der Waals surface area contributed by atoms with Crippen LogP contribution in [-0.2, 0) is 16.3 Å². The summed E-state index contributed by atoms with van der Waals surface area (Å²) in [7, 11) is -3.04. The van der Waals surface area contributed by atoms with Gasteiger partial charge in [0.25, 0.3) is 11.6 Å². The van der Waals surface area contributed by atoms with Crippen LogP contribution in [0.3, 0.4) is 0 Å². The molecule has 3 heterocycles. The first-order valence-corrected chi connectivity index (χ1v) is 10.6. The van der Waals surface area contributed by atoms with E-state index in [0.717, 1.165) is 30.7 Å². The van der Waals surface area contributed by atoms with E-state index in [9.17, 15) is 13.2 Å². The lowest BCUT2D eigenvalue weighted by Gasteiger charge is -2.12. The van der Waals surface area contributed by atoms with Crippen LogP contribution in [0.25, 0.3) is 11.1 Å². The monoisotopic (exact) mass is 363 g/mol. The predicted molar refractivity (Wildman–Crippen MR) is 92.3 cm³/mol. The number of hydrogen-bond acceptors (Lipinski definition) is 6. The Morgan fingerprint density at radius 3 is 2.80 bits per heavy atom. The molecule has 0 spiro atoms. The van der Waals surface area contributed by atoms with Crippen LogP contribution >= 0.6 is 0 Å². The Labute approximate surface area is 146 Å². The third-order valence-corrected chi connectivity index (χ3v) is 6.60. The predicted octanol–water partition coefficient (Wildman–Crippen LogP) is 1.97. The summed E-state index contributed by atoms with van der Waals surface area (Å²) in [5, 5.41) is 7.62. The molecule has 1 aliphatic carbocycles. The lowest BCUT2D eigenvalue weighted by atomic mass is 10.0. The van der Waals surface area contributed by atoms with Gasteiger partial charge in [-0.3, -0.25) is 4.79 Å². The van der Waals surface area contributed by atoms with Gasteiger partial charge >= 0.3 is 0 Å². The maximum atomic E-state index is 12.9. The molecule has 1 saturated heterocycles. The Hall–Kier alpha value is -1.96. The van der Waals surface area contributed by atoms with Crippen molar-refractivity contribution in [2.24, 2.45) is 0 Å². The Bertz CT molecular complexity index is 931. The second kappa shape index (κ2) is 6.09. The highest BCUT2D eigenvalue weighted by atomic mass is 32.2. The minimum atomic E-state index is -3.04. The molecular weight excluding hydrogens is 342 g/mol. The molecule has 1 aliphatic heterocycles. The summed E-state index contributed by atoms with van der Waals surface area (Å²) >= 11 is 0. The van der Waals surface area contributed by atoms with E-state index >= 15 is 0 Å². The topological polar surface area (TPSA) is 102 Å². The number of aryl methyl sites for hydroxylation is 1. The number of hydrogen-bond donors (Lipinski definition) is 1. The summed E-state index contributed by atoms with van der Waals surface area (Å²) in [5.41, 5.74) is 2.49. The molecule has 1 N–H and O–H groups in total. The van der Waals surface area contributed by atoms with Gasteiger partial charge in [0.05, 0.1) is 28.1 Å². The third kappa shape index (κ3) is 3.27. The summed E-state index contributed by atoms with van der Waals surface area (Å²) in [5.74, 6) is 0.249. The molecule has 2 fully saturated rings. The van der Waals surface area contributed by atoms with Gasteiger partial charge in [0.2, 0.25) is 0 Å². The zero-order chi connectivity index (χ0) is 17.6. The minimum Gasteiger partial charge on any atom is -0.348 e. The van der Waals surface area contributed by atoms with Gasteiger partial charge in [-0.25, -0.2) is 13.4 Å². The molecule has 25 heavy (non-hydrogen) atoms. The Balaban J connectivity index is 1.70. The molecule has 2 aromatic rings. The molecule has 0 aromatic carbocycles. The number of nitrogens with one attached hydrogen (secondary N) is 1. The number of amides is 1. The summed E-state index contributed by atoms with van der Waals surface area (Å²) < 4.78 is 28.6. The molecule has 1 saturated carbocycles. The molecule has 1 unspecified atom stereocenters. The second-order valence-corrected chi connectivity index (χ2v) is 9.23. The molecule has 2 aromatic heterocycles. The van der Waals surface area contributed by atoms with Gasteiger partial charge in [0.15, 0.2) is 9.84 Å². The van der Waals surface area contributed by atoms with E-state index in [2.05, 4.69) is 15.5 Å². The number of fused-ring (bicyclic) bond motifs is 1. The van der Waals surface area contributed by atoms with E-state index in [1.165, 1.54) is 0 Å². The standard InChI is InChI=1S/C17H21N3O4S/c1-2-3-13-15-12(16(21)18-11-6-7-25(22,23)9-11)8-14(10-4-5-10)19-17(15)24-20-13/h8,10-11H,2-7,9H2,1H3,(H,18,21). The van der Waals surface area contributed by atoms with Crippen molar-refractivity contribution in [2.45, 2.75) is 51.0 Å². The summed E-state index contributed by atoms with van der Waals surface area (Å²) in [6.45, 7) is 2.04. The fraction of sp³-hybridized carbons (Fsp3) is 0.588. The number of nitrogens with zero attached hydrogens (tertiary/aromatic N) is 2. The number of carbonyl (C=O) groups excluding carboxylic acids is 1. The molecule has 7 nitrogen and oxygen atoms in total. The fourth-order valence-corrected chi connectivity index (χ4v) is 5.05. The van der Waals surface area contributed by atoms with Crippen molar-refractivity contribution >= 4 is 26.8 Å². The first-order chi connectivity index (χ1) is 12.0. The Morgan fingerprint density at radius 1 is 1.36 bits per heavy atom. The third-order valence-electron chi connectivity index (χ3n) is 4.83. The van der Waals surface area contributed by atoms with Gasteiger partial charge < -0.3 is 9.84 Å². The van der Waals surface area contributed by atoms with E-state index < -0.39 is 9.84 Å².